The lowest BCUT2D eigenvalue weighted by Gasteiger charge is -2.42. The lowest BCUT2D eigenvalue weighted by atomic mass is 9.96. The summed E-state index contributed by atoms with van der Waals surface area (Å²) in [5.74, 6) is 0. The van der Waals surface area contributed by atoms with Crippen molar-refractivity contribution in [1.29, 1.82) is 0 Å². The monoisotopic (exact) mass is 387 g/mol. The summed E-state index contributed by atoms with van der Waals surface area (Å²) in [6, 6.07) is 26.5. The second-order valence-electron chi connectivity index (χ2n) is 8.31. The van der Waals surface area contributed by atoms with Gasteiger partial charge in [-0.1, -0.05) is 86.4 Å². The summed E-state index contributed by atoms with van der Waals surface area (Å²) >= 11 is 0. The smallest absolute Gasteiger partial charge is 0.411 e. The maximum absolute atomic E-state index is 12.5. The van der Waals surface area contributed by atoms with Crippen LogP contribution in [0.2, 0.25) is 19.6 Å². The van der Waals surface area contributed by atoms with Crippen LogP contribution in [-0.2, 0) is 9.78 Å². The molecule has 28 heavy (non-hydrogen) atoms. The van der Waals surface area contributed by atoms with Crippen molar-refractivity contribution < 1.29 is 9.53 Å². The van der Waals surface area contributed by atoms with Crippen LogP contribution in [0.4, 0.5) is 10.5 Å². The van der Waals surface area contributed by atoms with E-state index in [9.17, 15) is 4.79 Å². The van der Waals surface area contributed by atoms with Gasteiger partial charge in [0.2, 0.25) is 0 Å². The number of fused-ring (bicyclic) bond motifs is 3. The molecule has 4 heteroatoms. The second kappa shape index (κ2) is 6.95. The lowest BCUT2D eigenvalue weighted by molar-refractivity contribution is 0.151. The molecular formula is C24H25NO2Si. The second-order valence-corrected chi connectivity index (χ2v) is 13.7. The van der Waals surface area contributed by atoms with Crippen LogP contribution in [0, 0.1) is 0 Å². The van der Waals surface area contributed by atoms with Crippen LogP contribution in [0.1, 0.15) is 11.1 Å². The number of amides is 1. The fourth-order valence-electron chi connectivity index (χ4n) is 4.35. The topological polar surface area (TPSA) is 38.3 Å². The molecule has 0 bridgehead atoms. The lowest BCUT2D eigenvalue weighted by Crippen LogP contribution is -2.53. The van der Waals surface area contributed by atoms with E-state index in [-0.39, 0.29) is 5.04 Å². The van der Waals surface area contributed by atoms with Crippen LogP contribution >= 0.6 is 0 Å². The highest BCUT2D eigenvalue weighted by Gasteiger charge is 2.52. The molecule has 3 nitrogen and oxygen atoms in total. The van der Waals surface area contributed by atoms with Gasteiger partial charge in [0, 0.05) is 10.7 Å². The van der Waals surface area contributed by atoms with E-state index in [2.05, 4.69) is 73.5 Å². The zero-order valence-corrected chi connectivity index (χ0v) is 17.5. The van der Waals surface area contributed by atoms with Gasteiger partial charge >= 0.3 is 6.09 Å². The molecule has 1 aliphatic carbocycles. The van der Waals surface area contributed by atoms with Crippen molar-refractivity contribution in [1.82, 2.24) is 0 Å². The predicted molar refractivity (Wildman–Crippen MR) is 117 cm³/mol. The van der Waals surface area contributed by atoms with Crippen LogP contribution in [0.3, 0.4) is 0 Å². The number of nitrogens with one attached hydrogen (secondary N) is 1. The van der Waals surface area contributed by atoms with Gasteiger partial charge in [0.05, 0.1) is 8.07 Å². The number of carbonyl (C=O) groups is 1. The van der Waals surface area contributed by atoms with E-state index in [1.54, 1.807) is 0 Å². The van der Waals surface area contributed by atoms with Gasteiger partial charge in [0.15, 0.2) is 0 Å². The zero-order valence-electron chi connectivity index (χ0n) is 16.5. The van der Waals surface area contributed by atoms with Crippen molar-refractivity contribution in [3.8, 4) is 11.1 Å². The van der Waals surface area contributed by atoms with Crippen LogP contribution in [0.15, 0.2) is 78.9 Å². The quantitative estimate of drug-likeness (QED) is 0.551. The molecule has 1 aliphatic rings. The van der Waals surface area contributed by atoms with Crippen LogP contribution < -0.4 is 5.32 Å². The molecule has 0 unspecified atom stereocenters. The van der Waals surface area contributed by atoms with Crippen molar-refractivity contribution >= 4 is 19.9 Å². The third-order valence-corrected chi connectivity index (χ3v) is 9.03. The fourth-order valence-corrected chi connectivity index (χ4v) is 6.91. The van der Waals surface area contributed by atoms with Gasteiger partial charge < -0.3 is 4.74 Å². The van der Waals surface area contributed by atoms with Crippen molar-refractivity contribution in [3.63, 3.8) is 0 Å². The number of rotatable bonds is 4. The Labute approximate surface area is 167 Å². The van der Waals surface area contributed by atoms with E-state index in [1.165, 1.54) is 22.3 Å². The molecule has 0 heterocycles. The Morgan fingerprint density at radius 3 is 1.86 bits per heavy atom. The first-order valence-corrected chi connectivity index (χ1v) is 13.1. The fraction of sp³-hybridized carbons (Fsp3) is 0.208. The molecular weight excluding hydrogens is 362 g/mol. The molecule has 1 N–H and O–H groups in total. The highest BCUT2D eigenvalue weighted by atomic mass is 28.3. The van der Waals surface area contributed by atoms with E-state index in [1.807, 2.05) is 30.3 Å². The predicted octanol–water partition coefficient (Wildman–Crippen LogP) is 6.08. The highest BCUT2D eigenvalue weighted by Crippen LogP contribution is 2.53. The first-order valence-electron chi connectivity index (χ1n) is 9.62. The minimum Gasteiger partial charge on any atom is -0.448 e. The number of ether oxygens (including phenoxy) is 1. The van der Waals surface area contributed by atoms with E-state index in [0.29, 0.717) is 6.61 Å². The number of anilines is 1. The average molecular weight is 388 g/mol. The SMILES string of the molecule is C[Si](C)(C)C1(COC(=O)Nc2ccccc2)c2ccccc2-c2ccccc21. The maximum Gasteiger partial charge on any atom is 0.411 e. The highest BCUT2D eigenvalue weighted by molar-refractivity contribution is 6.80. The Kier molecular flexibility index (Phi) is 4.59. The summed E-state index contributed by atoms with van der Waals surface area (Å²) in [5, 5.41) is 2.57. The van der Waals surface area contributed by atoms with Gasteiger partial charge in [0.25, 0.3) is 0 Å². The molecule has 0 spiro atoms. The van der Waals surface area contributed by atoms with Crippen LogP contribution in [0.25, 0.3) is 11.1 Å². The molecule has 0 aromatic heterocycles. The third kappa shape index (κ3) is 2.94. The molecule has 0 radical (unpaired) electrons. The normalized spacial score (nSPS) is 14.1. The van der Waals surface area contributed by atoms with E-state index >= 15 is 0 Å². The number of hydrogen-bond donors (Lipinski definition) is 1. The van der Waals surface area contributed by atoms with Gasteiger partial charge in [-0.05, 0) is 34.4 Å². The van der Waals surface area contributed by atoms with Crippen molar-refractivity contribution in [2.75, 3.05) is 11.9 Å². The summed E-state index contributed by atoms with van der Waals surface area (Å²) in [7, 11) is -1.84. The summed E-state index contributed by atoms with van der Waals surface area (Å²) < 4.78 is 5.86. The van der Waals surface area contributed by atoms with E-state index in [0.717, 1.165) is 5.69 Å². The summed E-state index contributed by atoms with van der Waals surface area (Å²) in [6.45, 7) is 7.40. The number of carbonyl (C=O) groups excluding carboxylic acids is 1. The number of hydrogen-bond acceptors (Lipinski definition) is 2. The van der Waals surface area contributed by atoms with Crippen molar-refractivity contribution in [2.24, 2.45) is 0 Å². The molecule has 0 saturated carbocycles. The van der Waals surface area contributed by atoms with Crippen molar-refractivity contribution in [3.05, 3.63) is 90.0 Å². The molecule has 0 atom stereocenters. The minimum absolute atomic E-state index is 0.270. The summed E-state index contributed by atoms with van der Waals surface area (Å²) in [5.41, 5.74) is 5.81. The summed E-state index contributed by atoms with van der Waals surface area (Å²) in [4.78, 5) is 12.5. The molecule has 0 aliphatic heterocycles. The Balaban J connectivity index is 1.72. The van der Waals surface area contributed by atoms with Gasteiger partial charge in [-0.3, -0.25) is 5.32 Å². The van der Waals surface area contributed by atoms with Crippen molar-refractivity contribution in [2.45, 2.75) is 24.7 Å². The van der Waals surface area contributed by atoms with Gasteiger partial charge in [-0.15, -0.1) is 0 Å². The largest absolute Gasteiger partial charge is 0.448 e. The molecule has 0 fully saturated rings. The Morgan fingerprint density at radius 2 is 1.32 bits per heavy atom. The number of benzene rings is 3. The van der Waals surface area contributed by atoms with Gasteiger partial charge in [-0.2, -0.15) is 0 Å². The van der Waals surface area contributed by atoms with Gasteiger partial charge in [0.1, 0.15) is 6.61 Å². The van der Waals surface area contributed by atoms with E-state index in [4.69, 9.17) is 4.74 Å². The summed E-state index contributed by atoms with van der Waals surface area (Å²) in [6.07, 6.45) is -0.411. The van der Waals surface area contributed by atoms with Gasteiger partial charge in [-0.25, -0.2) is 4.79 Å². The Hall–Kier alpha value is -2.85. The standard InChI is InChI=1S/C24H25NO2Si/c1-28(2,3)24(17-27-23(26)25-18-11-5-4-6-12-18)21-15-9-7-13-19(21)20-14-8-10-16-22(20)24/h4-16H,17H2,1-3H3,(H,25,26). The molecule has 0 saturated heterocycles. The maximum atomic E-state index is 12.5. The molecule has 4 rings (SSSR count). The number of para-hydroxylation sites is 1. The van der Waals surface area contributed by atoms with Crippen LogP contribution in [-0.4, -0.2) is 20.8 Å². The van der Waals surface area contributed by atoms with E-state index < -0.39 is 14.2 Å². The third-order valence-electron chi connectivity index (χ3n) is 5.78. The molecule has 3 aromatic carbocycles. The molecule has 142 valence electrons. The average Bonchev–Trinajstić information content (AvgIpc) is 2.98. The first kappa shape index (κ1) is 18.5. The molecule has 1 amide bonds. The Morgan fingerprint density at radius 1 is 0.821 bits per heavy atom. The first-order chi connectivity index (χ1) is 13.4. The van der Waals surface area contributed by atoms with Crippen LogP contribution in [0.5, 0.6) is 0 Å². The zero-order chi connectivity index (χ0) is 19.8. The Bertz CT molecular complexity index is 963. The molecule has 3 aromatic rings. The minimum atomic E-state index is -1.84.